The van der Waals surface area contributed by atoms with Crippen molar-refractivity contribution in [3.63, 3.8) is 0 Å². The molecule has 1 aromatic carbocycles. The standard InChI is InChI=1S/C15H18F3NO4/c1-9-6-11(7-10(2)13(9)23-8-12(20)21)14(22)19-5-3-4-15(16,17)18/h6-7H,3-5,8H2,1-2H3,(H,19,22)(H,20,21). The fraction of sp³-hybridized carbons (Fsp3) is 0.467. The topological polar surface area (TPSA) is 75.6 Å². The second-order valence-electron chi connectivity index (χ2n) is 5.10. The lowest BCUT2D eigenvalue weighted by Gasteiger charge is -2.13. The van der Waals surface area contributed by atoms with Crippen molar-refractivity contribution in [2.75, 3.05) is 13.2 Å². The van der Waals surface area contributed by atoms with Crippen LogP contribution < -0.4 is 10.1 Å². The van der Waals surface area contributed by atoms with Crippen LogP contribution in [0.15, 0.2) is 12.1 Å². The van der Waals surface area contributed by atoms with Crippen molar-refractivity contribution in [3.05, 3.63) is 28.8 Å². The van der Waals surface area contributed by atoms with Gasteiger partial charge in [-0.05, 0) is 43.5 Å². The van der Waals surface area contributed by atoms with E-state index in [0.717, 1.165) is 0 Å². The molecule has 8 heteroatoms. The number of halogens is 3. The van der Waals surface area contributed by atoms with Crippen molar-refractivity contribution in [2.45, 2.75) is 32.9 Å². The molecule has 0 fully saturated rings. The summed E-state index contributed by atoms with van der Waals surface area (Å²) in [7, 11) is 0. The Balaban J connectivity index is 2.66. The van der Waals surface area contributed by atoms with E-state index in [-0.39, 0.29) is 18.5 Å². The molecule has 1 rings (SSSR count). The van der Waals surface area contributed by atoms with Crippen LogP contribution in [0.4, 0.5) is 13.2 Å². The average Bonchev–Trinajstić information content (AvgIpc) is 2.40. The van der Waals surface area contributed by atoms with Crippen molar-refractivity contribution in [2.24, 2.45) is 0 Å². The summed E-state index contributed by atoms with van der Waals surface area (Å²) in [4.78, 5) is 22.4. The van der Waals surface area contributed by atoms with Crippen molar-refractivity contribution >= 4 is 11.9 Å². The van der Waals surface area contributed by atoms with Crippen molar-refractivity contribution in [3.8, 4) is 5.75 Å². The number of carboxylic acid groups (broad SMARTS) is 1. The molecule has 0 aliphatic carbocycles. The Bertz CT molecular complexity index is 562. The molecule has 0 saturated heterocycles. The third-order valence-electron chi connectivity index (χ3n) is 2.99. The number of carboxylic acids is 1. The van der Waals surface area contributed by atoms with Gasteiger partial charge in [0.2, 0.25) is 0 Å². The van der Waals surface area contributed by atoms with Crippen LogP contribution in [0, 0.1) is 13.8 Å². The number of carbonyl (C=O) groups excluding carboxylic acids is 1. The van der Waals surface area contributed by atoms with E-state index in [1.165, 1.54) is 12.1 Å². The molecule has 0 aliphatic rings. The van der Waals surface area contributed by atoms with Crippen LogP contribution in [0.2, 0.25) is 0 Å². The third kappa shape index (κ3) is 6.58. The summed E-state index contributed by atoms with van der Waals surface area (Å²) in [5.41, 5.74) is 1.44. The highest BCUT2D eigenvalue weighted by atomic mass is 19.4. The largest absolute Gasteiger partial charge is 0.481 e. The first-order chi connectivity index (χ1) is 10.6. The van der Waals surface area contributed by atoms with E-state index in [0.29, 0.717) is 16.9 Å². The van der Waals surface area contributed by atoms with E-state index >= 15 is 0 Å². The maximum atomic E-state index is 12.0. The van der Waals surface area contributed by atoms with Gasteiger partial charge in [-0.1, -0.05) is 0 Å². The lowest BCUT2D eigenvalue weighted by Crippen LogP contribution is -2.25. The highest BCUT2D eigenvalue weighted by molar-refractivity contribution is 5.94. The van der Waals surface area contributed by atoms with Gasteiger partial charge in [-0.3, -0.25) is 4.79 Å². The molecule has 0 bridgehead atoms. The predicted octanol–water partition coefficient (Wildman–Crippen LogP) is 2.84. The summed E-state index contributed by atoms with van der Waals surface area (Å²) in [6.07, 6.45) is -5.37. The molecule has 128 valence electrons. The molecule has 0 unspecified atom stereocenters. The number of aliphatic carboxylic acids is 1. The van der Waals surface area contributed by atoms with E-state index in [4.69, 9.17) is 9.84 Å². The summed E-state index contributed by atoms with van der Waals surface area (Å²) in [5.74, 6) is -1.22. The Morgan fingerprint density at radius 2 is 1.78 bits per heavy atom. The van der Waals surface area contributed by atoms with E-state index in [2.05, 4.69) is 5.32 Å². The van der Waals surface area contributed by atoms with Crippen molar-refractivity contribution in [1.29, 1.82) is 0 Å². The quantitative estimate of drug-likeness (QED) is 0.753. The first kappa shape index (κ1) is 18.8. The van der Waals surface area contributed by atoms with E-state index in [9.17, 15) is 22.8 Å². The van der Waals surface area contributed by atoms with E-state index in [1.54, 1.807) is 13.8 Å². The Kier molecular flexibility index (Phi) is 6.41. The van der Waals surface area contributed by atoms with Crippen LogP contribution in [0.3, 0.4) is 0 Å². The summed E-state index contributed by atoms with van der Waals surface area (Å²) in [5, 5.41) is 11.0. The third-order valence-corrected chi connectivity index (χ3v) is 2.99. The normalized spacial score (nSPS) is 11.2. The lowest BCUT2D eigenvalue weighted by molar-refractivity contribution is -0.139. The number of hydrogen-bond donors (Lipinski definition) is 2. The molecular weight excluding hydrogens is 315 g/mol. The van der Waals surface area contributed by atoms with Crippen molar-refractivity contribution < 1.29 is 32.6 Å². The number of nitrogens with one attached hydrogen (secondary N) is 1. The monoisotopic (exact) mass is 333 g/mol. The molecule has 0 aromatic heterocycles. The second-order valence-corrected chi connectivity index (χ2v) is 5.10. The number of amides is 1. The molecule has 0 spiro atoms. The molecular formula is C15H18F3NO4. The second kappa shape index (κ2) is 7.85. The molecule has 0 saturated carbocycles. The van der Waals surface area contributed by atoms with Gasteiger partial charge in [0.25, 0.3) is 5.91 Å². The van der Waals surface area contributed by atoms with Crippen LogP contribution in [0.1, 0.15) is 34.3 Å². The zero-order valence-corrected chi connectivity index (χ0v) is 12.8. The van der Waals surface area contributed by atoms with E-state index in [1.807, 2.05) is 0 Å². The molecule has 2 N–H and O–H groups in total. The molecule has 0 radical (unpaired) electrons. The number of carbonyl (C=O) groups is 2. The minimum absolute atomic E-state index is 0.0757. The van der Waals surface area contributed by atoms with Gasteiger partial charge < -0.3 is 15.2 Å². The smallest absolute Gasteiger partial charge is 0.389 e. The zero-order chi connectivity index (χ0) is 17.6. The molecule has 1 aromatic rings. The Hall–Kier alpha value is -2.25. The van der Waals surface area contributed by atoms with Crippen LogP contribution in [0.5, 0.6) is 5.75 Å². The fourth-order valence-corrected chi connectivity index (χ4v) is 2.04. The molecule has 0 aliphatic heterocycles. The Morgan fingerprint density at radius 1 is 1.22 bits per heavy atom. The van der Waals surface area contributed by atoms with Gasteiger partial charge in [0.05, 0.1) is 0 Å². The molecule has 0 atom stereocenters. The summed E-state index contributed by atoms with van der Waals surface area (Å²) in [6, 6.07) is 3.01. The number of alkyl halides is 3. The fourth-order valence-electron chi connectivity index (χ4n) is 2.04. The van der Waals surface area contributed by atoms with Gasteiger partial charge in [-0.2, -0.15) is 13.2 Å². The number of benzene rings is 1. The van der Waals surface area contributed by atoms with Gasteiger partial charge in [-0.25, -0.2) is 4.79 Å². The first-order valence-corrected chi connectivity index (χ1v) is 6.91. The van der Waals surface area contributed by atoms with Crippen molar-refractivity contribution in [1.82, 2.24) is 5.32 Å². The summed E-state index contributed by atoms with van der Waals surface area (Å²) >= 11 is 0. The molecule has 1 amide bonds. The zero-order valence-electron chi connectivity index (χ0n) is 12.8. The van der Waals surface area contributed by atoms with Crippen LogP contribution in [0.25, 0.3) is 0 Å². The van der Waals surface area contributed by atoms with Gasteiger partial charge in [0.15, 0.2) is 6.61 Å². The predicted molar refractivity (Wildman–Crippen MR) is 76.7 cm³/mol. The average molecular weight is 333 g/mol. The van der Waals surface area contributed by atoms with E-state index < -0.39 is 31.1 Å². The van der Waals surface area contributed by atoms with Gasteiger partial charge in [0, 0.05) is 18.5 Å². The highest BCUT2D eigenvalue weighted by Crippen LogP contribution is 2.25. The van der Waals surface area contributed by atoms with Gasteiger partial charge in [-0.15, -0.1) is 0 Å². The highest BCUT2D eigenvalue weighted by Gasteiger charge is 2.26. The van der Waals surface area contributed by atoms with Crippen LogP contribution in [-0.4, -0.2) is 36.3 Å². The number of aryl methyl sites for hydroxylation is 2. The molecule has 5 nitrogen and oxygen atoms in total. The summed E-state index contributed by atoms with van der Waals surface area (Å²) in [6.45, 7) is 2.74. The maximum Gasteiger partial charge on any atom is 0.389 e. The number of hydrogen-bond acceptors (Lipinski definition) is 3. The minimum atomic E-state index is -4.24. The first-order valence-electron chi connectivity index (χ1n) is 6.91. The molecule has 23 heavy (non-hydrogen) atoms. The van der Waals surface area contributed by atoms with Gasteiger partial charge >= 0.3 is 12.1 Å². The Morgan fingerprint density at radius 3 is 2.26 bits per heavy atom. The number of rotatable bonds is 7. The minimum Gasteiger partial charge on any atom is -0.481 e. The Labute approximate surface area is 131 Å². The van der Waals surface area contributed by atoms with Crippen LogP contribution in [-0.2, 0) is 4.79 Å². The SMILES string of the molecule is Cc1cc(C(=O)NCCCC(F)(F)F)cc(C)c1OCC(=O)O. The lowest BCUT2D eigenvalue weighted by atomic mass is 10.0. The van der Waals surface area contributed by atoms with Gasteiger partial charge in [0.1, 0.15) is 5.75 Å². The number of ether oxygens (including phenoxy) is 1. The molecule has 0 heterocycles. The van der Waals surface area contributed by atoms with Crippen LogP contribution >= 0.6 is 0 Å². The maximum absolute atomic E-state index is 12.0. The summed E-state index contributed by atoms with van der Waals surface area (Å²) < 4.78 is 41.2.